The third kappa shape index (κ3) is 3.47. The standard InChI is InChI=1S/C26H22N4O5/c1-13-23(15(3)35-29-13)19-9-20-18(10-22(19)33-4)24-25(21(12-31)28-20)34-26(32)30(24)14(2)17-7-5-6-16(8-17)11-27/h5-10,14,31H,12H2,1-4H3/t14-/m1/s1. The molecule has 5 aromatic rings. The number of nitriles is 1. The zero-order valence-corrected chi connectivity index (χ0v) is 19.6. The number of aromatic nitrogens is 3. The molecule has 0 amide bonds. The van der Waals surface area contributed by atoms with Gasteiger partial charge in [0.1, 0.15) is 22.7 Å². The van der Waals surface area contributed by atoms with Crippen molar-refractivity contribution in [3.63, 3.8) is 0 Å². The monoisotopic (exact) mass is 470 g/mol. The van der Waals surface area contributed by atoms with Crippen molar-refractivity contribution in [1.82, 2.24) is 14.7 Å². The van der Waals surface area contributed by atoms with Crippen molar-refractivity contribution in [2.24, 2.45) is 0 Å². The average molecular weight is 470 g/mol. The number of benzene rings is 2. The van der Waals surface area contributed by atoms with Gasteiger partial charge in [0.05, 0.1) is 48.2 Å². The number of ether oxygens (including phenoxy) is 1. The summed E-state index contributed by atoms with van der Waals surface area (Å²) in [4.78, 5) is 17.7. The van der Waals surface area contributed by atoms with E-state index in [-0.39, 0.29) is 11.3 Å². The van der Waals surface area contributed by atoms with Crippen LogP contribution in [0.3, 0.4) is 0 Å². The summed E-state index contributed by atoms with van der Waals surface area (Å²) in [5.41, 5.74) is 4.98. The molecule has 9 nitrogen and oxygen atoms in total. The van der Waals surface area contributed by atoms with Crippen LogP contribution in [0.15, 0.2) is 50.1 Å². The molecule has 0 radical (unpaired) electrons. The van der Waals surface area contributed by atoms with E-state index in [4.69, 9.17) is 13.7 Å². The highest BCUT2D eigenvalue weighted by Gasteiger charge is 2.25. The van der Waals surface area contributed by atoms with Crippen LogP contribution >= 0.6 is 0 Å². The molecular formula is C26H22N4O5. The van der Waals surface area contributed by atoms with Gasteiger partial charge in [0, 0.05) is 10.9 Å². The summed E-state index contributed by atoms with van der Waals surface area (Å²) in [7, 11) is 1.56. The second kappa shape index (κ2) is 8.42. The van der Waals surface area contributed by atoms with E-state index in [9.17, 15) is 15.2 Å². The molecule has 2 aromatic carbocycles. The molecule has 0 bridgehead atoms. The second-order valence-corrected chi connectivity index (χ2v) is 8.31. The molecule has 0 aliphatic carbocycles. The van der Waals surface area contributed by atoms with E-state index in [2.05, 4.69) is 16.2 Å². The number of hydrogen-bond acceptors (Lipinski definition) is 8. The molecule has 0 fully saturated rings. The molecule has 0 unspecified atom stereocenters. The average Bonchev–Trinajstić information content (AvgIpc) is 3.40. The largest absolute Gasteiger partial charge is 0.496 e. The lowest BCUT2D eigenvalue weighted by atomic mass is 9.99. The number of aliphatic hydroxyl groups excluding tert-OH is 1. The highest BCUT2D eigenvalue weighted by molar-refractivity contribution is 6.05. The van der Waals surface area contributed by atoms with E-state index in [0.717, 1.165) is 16.7 Å². The minimum absolute atomic E-state index is 0.209. The molecule has 1 atom stereocenters. The molecule has 0 saturated heterocycles. The van der Waals surface area contributed by atoms with Gasteiger partial charge in [-0.3, -0.25) is 4.57 Å². The fraction of sp³-hybridized carbons (Fsp3) is 0.231. The van der Waals surface area contributed by atoms with Crippen molar-refractivity contribution in [3.05, 3.63) is 75.2 Å². The normalized spacial score (nSPS) is 12.2. The number of hydrogen-bond donors (Lipinski definition) is 1. The summed E-state index contributed by atoms with van der Waals surface area (Å²) in [6.07, 6.45) is 0. The number of methoxy groups -OCH3 is 1. The first-order chi connectivity index (χ1) is 16.9. The van der Waals surface area contributed by atoms with Crippen molar-refractivity contribution >= 4 is 22.0 Å². The Morgan fingerprint density at radius 3 is 2.71 bits per heavy atom. The van der Waals surface area contributed by atoms with Crippen LogP contribution in [0.5, 0.6) is 5.75 Å². The van der Waals surface area contributed by atoms with Crippen molar-refractivity contribution in [2.45, 2.75) is 33.4 Å². The van der Waals surface area contributed by atoms with E-state index in [1.807, 2.05) is 32.9 Å². The van der Waals surface area contributed by atoms with Crippen LogP contribution < -0.4 is 10.5 Å². The molecule has 35 heavy (non-hydrogen) atoms. The Hall–Kier alpha value is -4.42. The molecule has 1 N–H and O–H groups in total. The second-order valence-electron chi connectivity index (χ2n) is 8.31. The predicted octanol–water partition coefficient (Wildman–Crippen LogP) is 4.40. The van der Waals surface area contributed by atoms with Gasteiger partial charge in [0.15, 0.2) is 5.58 Å². The number of pyridine rings is 1. The maximum Gasteiger partial charge on any atom is 0.420 e. The first-order valence-corrected chi connectivity index (χ1v) is 11.0. The fourth-order valence-corrected chi connectivity index (χ4v) is 4.59. The molecule has 9 heteroatoms. The van der Waals surface area contributed by atoms with Crippen LogP contribution in [-0.4, -0.2) is 26.9 Å². The summed E-state index contributed by atoms with van der Waals surface area (Å²) in [5, 5.41) is 24.0. The Bertz CT molecular complexity index is 1680. The van der Waals surface area contributed by atoms with Crippen LogP contribution in [-0.2, 0) is 6.61 Å². The Morgan fingerprint density at radius 2 is 2.06 bits per heavy atom. The molecule has 176 valence electrons. The SMILES string of the molecule is COc1cc2c(cc1-c1c(C)noc1C)nc(CO)c1oc(=O)n([C@H](C)c3cccc(C#N)c3)c12. The number of aryl methyl sites for hydroxylation is 2. The van der Waals surface area contributed by atoms with Gasteiger partial charge in [-0.1, -0.05) is 17.3 Å². The molecule has 0 aliphatic rings. The third-order valence-electron chi connectivity index (χ3n) is 6.27. The molecule has 5 rings (SSSR count). The molecule has 0 saturated carbocycles. The lowest BCUT2D eigenvalue weighted by Gasteiger charge is -2.16. The summed E-state index contributed by atoms with van der Waals surface area (Å²) >= 11 is 0. The summed E-state index contributed by atoms with van der Waals surface area (Å²) < 4.78 is 18.2. The fourth-order valence-electron chi connectivity index (χ4n) is 4.59. The van der Waals surface area contributed by atoms with Gasteiger partial charge < -0.3 is 18.8 Å². The number of oxazole rings is 1. The quantitative estimate of drug-likeness (QED) is 0.400. The first kappa shape index (κ1) is 22.4. The smallest absolute Gasteiger partial charge is 0.420 e. The predicted molar refractivity (Wildman–Crippen MR) is 128 cm³/mol. The van der Waals surface area contributed by atoms with E-state index in [0.29, 0.717) is 39.2 Å². The van der Waals surface area contributed by atoms with Gasteiger partial charge in [-0.15, -0.1) is 0 Å². The Morgan fingerprint density at radius 1 is 1.26 bits per heavy atom. The maximum absolute atomic E-state index is 13.1. The van der Waals surface area contributed by atoms with Crippen LogP contribution in [0.4, 0.5) is 0 Å². The first-order valence-electron chi connectivity index (χ1n) is 11.0. The van der Waals surface area contributed by atoms with Gasteiger partial charge in [-0.05, 0) is 50.6 Å². The highest BCUT2D eigenvalue weighted by Crippen LogP contribution is 2.40. The Balaban J connectivity index is 1.86. The Labute approximate surface area is 199 Å². The van der Waals surface area contributed by atoms with Gasteiger partial charge in [0.2, 0.25) is 0 Å². The van der Waals surface area contributed by atoms with Crippen LogP contribution in [0, 0.1) is 25.2 Å². The minimum atomic E-state index is -0.590. The van der Waals surface area contributed by atoms with Crippen molar-refractivity contribution < 1.29 is 18.8 Å². The van der Waals surface area contributed by atoms with E-state index >= 15 is 0 Å². The number of aliphatic hydroxyl groups is 1. The molecule has 3 aromatic heterocycles. The highest BCUT2D eigenvalue weighted by atomic mass is 16.5. The zero-order chi connectivity index (χ0) is 24.9. The lowest BCUT2D eigenvalue weighted by Crippen LogP contribution is -2.19. The van der Waals surface area contributed by atoms with Crippen LogP contribution in [0.25, 0.3) is 33.1 Å². The molecule has 3 heterocycles. The number of nitrogens with zero attached hydrogens (tertiary/aromatic N) is 4. The topological polar surface area (TPSA) is 127 Å². The van der Waals surface area contributed by atoms with Crippen LogP contribution in [0.2, 0.25) is 0 Å². The number of fused-ring (bicyclic) bond motifs is 3. The van der Waals surface area contributed by atoms with E-state index < -0.39 is 18.4 Å². The molecule has 0 aliphatic heterocycles. The molecular weight excluding hydrogens is 448 g/mol. The van der Waals surface area contributed by atoms with Crippen molar-refractivity contribution in [2.75, 3.05) is 7.11 Å². The van der Waals surface area contributed by atoms with E-state index in [1.165, 1.54) is 4.57 Å². The summed E-state index contributed by atoms with van der Waals surface area (Å²) in [6, 6.07) is 12.4. The van der Waals surface area contributed by atoms with Crippen molar-refractivity contribution in [3.8, 4) is 22.9 Å². The Kier molecular flexibility index (Phi) is 5.38. The van der Waals surface area contributed by atoms with Gasteiger partial charge in [0.25, 0.3) is 0 Å². The summed E-state index contributed by atoms with van der Waals surface area (Å²) in [6.45, 7) is 5.10. The zero-order valence-electron chi connectivity index (χ0n) is 19.6. The van der Waals surface area contributed by atoms with Gasteiger partial charge >= 0.3 is 5.76 Å². The minimum Gasteiger partial charge on any atom is -0.496 e. The van der Waals surface area contributed by atoms with E-state index in [1.54, 1.807) is 31.4 Å². The number of rotatable bonds is 5. The van der Waals surface area contributed by atoms with Crippen LogP contribution in [0.1, 0.15) is 41.2 Å². The van der Waals surface area contributed by atoms with Crippen molar-refractivity contribution in [1.29, 1.82) is 5.26 Å². The van der Waals surface area contributed by atoms with Gasteiger partial charge in [-0.2, -0.15) is 5.26 Å². The lowest BCUT2D eigenvalue weighted by molar-refractivity contribution is 0.277. The third-order valence-corrected chi connectivity index (χ3v) is 6.27. The van der Waals surface area contributed by atoms with Gasteiger partial charge in [-0.25, -0.2) is 9.78 Å². The summed E-state index contributed by atoms with van der Waals surface area (Å²) in [5.74, 6) is 0.591. The molecule has 0 spiro atoms. The maximum atomic E-state index is 13.1.